The van der Waals surface area contributed by atoms with Crippen LogP contribution in [0.2, 0.25) is 0 Å². The van der Waals surface area contributed by atoms with Crippen LogP contribution in [0, 0.1) is 18.3 Å². The van der Waals surface area contributed by atoms with Crippen molar-refractivity contribution >= 4 is 23.5 Å². The van der Waals surface area contributed by atoms with Crippen molar-refractivity contribution < 1.29 is 9.59 Å². The van der Waals surface area contributed by atoms with Gasteiger partial charge < -0.3 is 5.32 Å². The number of aryl methyl sites for hydroxylation is 1. The van der Waals surface area contributed by atoms with Crippen LogP contribution in [0.5, 0.6) is 0 Å². The molecule has 0 radical (unpaired) electrons. The second kappa shape index (κ2) is 6.72. The fourth-order valence-corrected chi connectivity index (χ4v) is 3.43. The molecule has 0 saturated carbocycles. The molecule has 6 heteroatoms. The summed E-state index contributed by atoms with van der Waals surface area (Å²) in [6.45, 7) is 3.91. The lowest BCUT2D eigenvalue weighted by atomic mass is 10.1. The van der Waals surface area contributed by atoms with Gasteiger partial charge in [0.25, 0.3) is 0 Å². The molecule has 2 heterocycles. The third kappa shape index (κ3) is 3.61. The quantitative estimate of drug-likeness (QED) is 0.866. The fraction of sp³-hybridized carbons (Fsp3) is 0.467. The van der Waals surface area contributed by atoms with E-state index in [0.717, 1.165) is 19.3 Å². The van der Waals surface area contributed by atoms with E-state index in [2.05, 4.69) is 16.4 Å². The molecule has 5 nitrogen and oxygen atoms in total. The van der Waals surface area contributed by atoms with Gasteiger partial charge in [-0.2, -0.15) is 5.26 Å². The van der Waals surface area contributed by atoms with E-state index in [1.165, 1.54) is 18.7 Å². The Balaban J connectivity index is 2.31. The van der Waals surface area contributed by atoms with E-state index >= 15 is 0 Å². The predicted molar refractivity (Wildman–Crippen MR) is 80.2 cm³/mol. The first-order chi connectivity index (χ1) is 10.0. The molecule has 1 aliphatic heterocycles. The number of Topliss-reactive ketones (excluding diaryl/α,β-unsaturated/α-hetero) is 1. The first-order valence-electron chi connectivity index (χ1n) is 6.90. The molecule has 1 aliphatic rings. The average molecular weight is 303 g/mol. The third-order valence-corrected chi connectivity index (χ3v) is 4.69. The minimum Gasteiger partial charge on any atom is -0.355 e. The number of ketones is 1. The number of nitrogens with zero attached hydrogens (tertiary/aromatic N) is 2. The van der Waals surface area contributed by atoms with Gasteiger partial charge in [0.05, 0.1) is 10.8 Å². The van der Waals surface area contributed by atoms with Crippen molar-refractivity contribution in [3.63, 3.8) is 0 Å². The maximum atomic E-state index is 12.0. The number of carbonyl (C=O) groups is 2. The smallest absolute Gasteiger partial charge is 0.233 e. The Labute approximate surface area is 128 Å². The zero-order chi connectivity index (χ0) is 15.4. The summed E-state index contributed by atoms with van der Waals surface area (Å²) < 4.78 is 0. The molecule has 1 amide bonds. The van der Waals surface area contributed by atoms with Crippen molar-refractivity contribution in [1.82, 2.24) is 10.3 Å². The number of thioether (sulfide) groups is 1. The molecule has 0 aromatic carbocycles. The molecule has 1 aromatic heterocycles. The Hall–Kier alpha value is -1.87. The highest BCUT2D eigenvalue weighted by Crippen LogP contribution is 2.30. The highest BCUT2D eigenvalue weighted by atomic mass is 32.2. The number of hydrogen-bond acceptors (Lipinski definition) is 5. The second-order valence-corrected chi connectivity index (χ2v) is 6.23. The van der Waals surface area contributed by atoms with Gasteiger partial charge in [0, 0.05) is 17.8 Å². The van der Waals surface area contributed by atoms with Crippen LogP contribution in [-0.4, -0.2) is 28.5 Å². The summed E-state index contributed by atoms with van der Waals surface area (Å²) in [6, 6.07) is 3.64. The van der Waals surface area contributed by atoms with Crippen LogP contribution >= 0.6 is 11.8 Å². The minimum atomic E-state index is -0.227. The van der Waals surface area contributed by atoms with Crippen molar-refractivity contribution in [3.05, 3.63) is 22.9 Å². The van der Waals surface area contributed by atoms with Crippen LogP contribution in [0.15, 0.2) is 11.1 Å². The number of nitriles is 1. The molecule has 1 atom stereocenters. The summed E-state index contributed by atoms with van der Waals surface area (Å²) >= 11 is 1.31. The molecule has 0 unspecified atom stereocenters. The van der Waals surface area contributed by atoms with E-state index < -0.39 is 0 Å². The van der Waals surface area contributed by atoms with Gasteiger partial charge in [-0.1, -0.05) is 18.2 Å². The Kier molecular flexibility index (Phi) is 4.97. The van der Waals surface area contributed by atoms with Gasteiger partial charge in [0.15, 0.2) is 5.78 Å². The molecule has 1 saturated heterocycles. The summed E-state index contributed by atoms with van der Waals surface area (Å²) in [4.78, 5) is 27.9. The summed E-state index contributed by atoms with van der Waals surface area (Å²) in [7, 11) is 0. The Bertz CT molecular complexity index is 622. The van der Waals surface area contributed by atoms with Crippen LogP contribution in [0.4, 0.5) is 0 Å². The average Bonchev–Trinajstić information content (AvgIpc) is 2.64. The van der Waals surface area contributed by atoms with Crippen LogP contribution in [-0.2, 0) is 4.79 Å². The molecule has 1 aromatic rings. The molecule has 110 valence electrons. The molecule has 1 N–H and O–H groups in total. The number of rotatable bonds is 3. The van der Waals surface area contributed by atoms with Gasteiger partial charge in [-0.3, -0.25) is 9.59 Å². The number of carbonyl (C=O) groups excluding carboxylic acids is 2. The molecule has 21 heavy (non-hydrogen) atoms. The summed E-state index contributed by atoms with van der Waals surface area (Å²) in [5.41, 5.74) is 1.41. The van der Waals surface area contributed by atoms with Gasteiger partial charge in [0.1, 0.15) is 11.1 Å². The second-order valence-electron chi connectivity index (χ2n) is 5.04. The SMILES string of the molecule is CC(=O)c1cc(C#N)c(S[C@H]2CCCCNC2=O)nc1C. The lowest BCUT2D eigenvalue weighted by Crippen LogP contribution is -2.30. The summed E-state index contributed by atoms with van der Waals surface area (Å²) in [5.74, 6) is -0.114. The van der Waals surface area contributed by atoms with Crippen LogP contribution in [0.25, 0.3) is 0 Å². The van der Waals surface area contributed by atoms with E-state index in [4.69, 9.17) is 0 Å². The minimum absolute atomic E-state index is 0.00325. The largest absolute Gasteiger partial charge is 0.355 e. The Morgan fingerprint density at radius 2 is 2.29 bits per heavy atom. The van der Waals surface area contributed by atoms with Crippen LogP contribution in [0.1, 0.15) is 47.8 Å². The molecule has 0 aliphatic carbocycles. The predicted octanol–water partition coefficient (Wildman–Crippen LogP) is 2.23. The lowest BCUT2D eigenvalue weighted by molar-refractivity contribution is -0.120. The van der Waals surface area contributed by atoms with Crippen LogP contribution in [0.3, 0.4) is 0 Å². The number of amides is 1. The van der Waals surface area contributed by atoms with Crippen molar-refractivity contribution in [2.75, 3.05) is 6.54 Å². The summed E-state index contributed by atoms with van der Waals surface area (Å²) in [6.07, 6.45) is 2.73. The first kappa shape index (κ1) is 15.5. The molecule has 0 spiro atoms. The van der Waals surface area contributed by atoms with Gasteiger partial charge in [-0.05, 0) is 32.8 Å². The van der Waals surface area contributed by atoms with Crippen molar-refractivity contribution in [2.24, 2.45) is 0 Å². The molecule has 0 bridgehead atoms. The maximum absolute atomic E-state index is 12.0. The van der Waals surface area contributed by atoms with Gasteiger partial charge in [-0.25, -0.2) is 4.98 Å². The van der Waals surface area contributed by atoms with Gasteiger partial charge >= 0.3 is 0 Å². The number of nitrogens with one attached hydrogen (secondary N) is 1. The van der Waals surface area contributed by atoms with Gasteiger partial charge in [-0.15, -0.1) is 0 Å². The van der Waals surface area contributed by atoms with E-state index in [-0.39, 0.29) is 16.9 Å². The van der Waals surface area contributed by atoms with Gasteiger partial charge in [0.2, 0.25) is 5.91 Å². The topological polar surface area (TPSA) is 82.9 Å². The monoisotopic (exact) mass is 303 g/mol. The standard InChI is InChI=1S/C15H17N3O2S/c1-9-12(10(2)19)7-11(8-16)15(18-9)21-13-5-3-4-6-17-14(13)20/h7,13H,3-6H2,1-2H3,(H,17,20)/t13-/m0/s1. The zero-order valence-electron chi connectivity index (χ0n) is 12.1. The highest BCUT2D eigenvalue weighted by Gasteiger charge is 2.24. The Morgan fingerprint density at radius 3 is 2.95 bits per heavy atom. The fourth-order valence-electron chi connectivity index (χ4n) is 2.27. The van der Waals surface area contributed by atoms with E-state index in [1.807, 2.05) is 0 Å². The van der Waals surface area contributed by atoms with Crippen molar-refractivity contribution in [3.8, 4) is 6.07 Å². The molecular weight excluding hydrogens is 286 g/mol. The molecule has 1 fully saturated rings. The van der Waals surface area contributed by atoms with E-state index in [1.54, 1.807) is 13.0 Å². The highest BCUT2D eigenvalue weighted by molar-refractivity contribution is 8.00. The van der Waals surface area contributed by atoms with E-state index in [0.29, 0.717) is 28.4 Å². The first-order valence-corrected chi connectivity index (χ1v) is 7.78. The van der Waals surface area contributed by atoms with Crippen molar-refractivity contribution in [1.29, 1.82) is 5.26 Å². The molecule has 2 rings (SSSR count). The molecular formula is C15H17N3O2S. The number of hydrogen-bond donors (Lipinski definition) is 1. The lowest BCUT2D eigenvalue weighted by Gasteiger charge is -2.14. The third-order valence-electron chi connectivity index (χ3n) is 3.42. The number of aromatic nitrogens is 1. The maximum Gasteiger partial charge on any atom is 0.233 e. The van der Waals surface area contributed by atoms with Crippen LogP contribution < -0.4 is 5.32 Å². The normalized spacial score (nSPS) is 18.5. The number of pyridine rings is 1. The zero-order valence-corrected chi connectivity index (χ0v) is 12.9. The van der Waals surface area contributed by atoms with E-state index in [9.17, 15) is 14.9 Å². The Morgan fingerprint density at radius 1 is 1.52 bits per heavy atom. The summed E-state index contributed by atoms with van der Waals surface area (Å²) in [5, 5.41) is 12.4. The van der Waals surface area contributed by atoms with Crippen molar-refractivity contribution in [2.45, 2.75) is 43.4 Å².